The summed E-state index contributed by atoms with van der Waals surface area (Å²) in [5, 5.41) is 11.0. The number of amides is 1. The average Bonchev–Trinajstić information content (AvgIpc) is 2.72. The van der Waals surface area contributed by atoms with Crippen molar-refractivity contribution in [2.75, 3.05) is 26.2 Å². The standard InChI is InChI=1S/C19H18FN3O5S/c20-16-6-2-4-8-18(16)29(27,28)22-13-11-21(12-14-22)19(24)10-9-15-5-1-3-7-17(15)23(25)26/h1-10H,11-14H2/b10-9+. The van der Waals surface area contributed by atoms with Gasteiger partial charge in [-0.2, -0.15) is 4.31 Å². The maximum absolute atomic E-state index is 13.9. The van der Waals surface area contributed by atoms with Crippen LogP contribution in [0.2, 0.25) is 0 Å². The highest BCUT2D eigenvalue weighted by Crippen LogP contribution is 2.21. The van der Waals surface area contributed by atoms with Crippen LogP contribution in [0.3, 0.4) is 0 Å². The van der Waals surface area contributed by atoms with Crippen LogP contribution in [-0.4, -0.2) is 54.6 Å². The number of halogens is 1. The Balaban J connectivity index is 1.66. The average molecular weight is 419 g/mol. The molecule has 1 saturated heterocycles. The zero-order chi connectivity index (χ0) is 21.0. The summed E-state index contributed by atoms with van der Waals surface area (Å²) in [7, 11) is -3.98. The maximum atomic E-state index is 13.9. The number of piperazine rings is 1. The number of nitro groups is 1. The molecule has 0 unspecified atom stereocenters. The topological polar surface area (TPSA) is 101 Å². The number of benzene rings is 2. The van der Waals surface area contributed by atoms with Crippen LogP contribution in [0.4, 0.5) is 10.1 Å². The molecule has 0 aromatic heterocycles. The summed E-state index contributed by atoms with van der Waals surface area (Å²) in [6.07, 6.45) is 2.59. The summed E-state index contributed by atoms with van der Waals surface area (Å²) in [5.41, 5.74) is 0.184. The van der Waals surface area contributed by atoms with Gasteiger partial charge in [0.15, 0.2) is 0 Å². The predicted molar refractivity (Wildman–Crippen MR) is 104 cm³/mol. The fraction of sp³-hybridized carbons (Fsp3) is 0.211. The number of para-hydroxylation sites is 1. The Labute approximate surface area is 167 Å². The number of carbonyl (C=O) groups excluding carboxylic acids is 1. The molecule has 152 valence electrons. The molecule has 1 aliphatic heterocycles. The van der Waals surface area contributed by atoms with E-state index in [0.29, 0.717) is 5.56 Å². The summed E-state index contributed by atoms with van der Waals surface area (Å²) >= 11 is 0. The summed E-state index contributed by atoms with van der Waals surface area (Å²) < 4.78 is 40.2. The van der Waals surface area contributed by atoms with E-state index in [9.17, 15) is 27.7 Å². The van der Waals surface area contributed by atoms with Crippen molar-refractivity contribution in [2.24, 2.45) is 0 Å². The molecule has 1 heterocycles. The molecule has 2 aromatic rings. The number of sulfonamides is 1. The highest BCUT2D eigenvalue weighted by Gasteiger charge is 2.31. The van der Waals surface area contributed by atoms with Gasteiger partial charge in [-0.3, -0.25) is 14.9 Å². The van der Waals surface area contributed by atoms with E-state index >= 15 is 0 Å². The molecule has 0 atom stereocenters. The summed E-state index contributed by atoms with van der Waals surface area (Å²) in [6.45, 7) is 0.324. The highest BCUT2D eigenvalue weighted by molar-refractivity contribution is 7.89. The zero-order valence-corrected chi connectivity index (χ0v) is 16.1. The van der Waals surface area contributed by atoms with Crippen LogP contribution in [-0.2, 0) is 14.8 Å². The van der Waals surface area contributed by atoms with Crippen LogP contribution in [0.25, 0.3) is 6.08 Å². The lowest BCUT2D eigenvalue weighted by atomic mass is 10.1. The van der Waals surface area contributed by atoms with Gasteiger partial charge in [0.1, 0.15) is 10.7 Å². The van der Waals surface area contributed by atoms with Crippen LogP contribution in [0, 0.1) is 15.9 Å². The first-order valence-electron chi connectivity index (χ1n) is 8.76. The second-order valence-corrected chi connectivity index (χ2v) is 8.22. The van der Waals surface area contributed by atoms with Crippen LogP contribution in [0.15, 0.2) is 59.5 Å². The normalized spacial score (nSPS) is 15.6. The smallest absolute Gasteiger partial charge is 0.276 e. The van der Waals surface area contributed by atoms with Crippen molar-refractivity contribution >= 4 is 27.7 Å². The second kappa shape index (κ2) is 8.50. The van der Waals surface area contributed by atoms with Crippen LogP contribution in [0.5, 0.6) is 0 Å². The molecule has 0 bridgehead atoms. The molecule has 0 spiro atoms. The third-order valence-corrected chi connectivity index (χ3v) is 6.48. The van der Waals surface area contributed by atoms with Crippen LogP contribution in [0.1, 0.15) is 5.56 Å². The summed E-state index contributed by atoms with van der Waals surface area (Å²) in [6, 6.07) is 11.2. The molecular formula is C19H18FN3O5S. The van der Waals surface area contributed by atoms with E-state index in [2.05, 4.69) is 0 Å². The Bertz CT molecular complexity index is 1060. The Morgan fingerprint density at radius 3 is 2.31 bits per heavy atom. The molecule has 0 saturated carbocycles. The monoisotopic (exact) mass is 419 g/mol. The molecule has 1 aliphatic rings. The van der Waals surface area contributed by atoms with Gasteiger partial charge in [-0.1, -0.05) is 24.3 Å². The van der Waals surface area contributed by atoms with Crippen molar-refractivity contribution in [1.29, 1.82) is 0 Å². The molecule has 0 aliphatic carbocycles. The lowest BCUT2D eigenvalue weighted by molar-refractivity contribution is -0.385. The van der Waals surface area contributed by atoms with Crippen molar-refractivity contribution in [3.63, 3.8) is 0 Å². The van der Waals surface area contributed by atoms with Crippen molar-refractivity contribution in [1.82, 2.24) is 9.21 Å². The third-order valence-electron chi connectivity index (χ3n) is 4.54. The van der Waals surface area contributed by atoms with Gasteiger partial charge in [0.05, 0.1) is 10.5 Å². The fourth-order valence-electron chi connectivity index (χ4n) is 3.00. The lowest BCUT2D eigenvalue weighted by Gasteiger charge is -2.33. The Morgan fingerprint density at radius 1 is 1.03 bits per heavy atom. The van der Waals surface area contributed by atoms with Gasteiger partial charge in [0.25, 0.3) is 5.69 Å². The van der Waals surface area contributed by atoms with Gasteiger partial charge >= 0.3 is 0 Å². The van der Waals surface area contributed by atoms with Crippen molar-refractivity contribution in [3.05, 3.63) is 76.1 Å². The Kier molecular flexibility index (Phi) is 6.04. The van der Waals surface area contributed by atoms with Crippen LogP contribution < -0.4 is 0 Å². The van der Waals surface area contributed by atoms with Gasteiger partial charge in [-0.15, -0.1) is 0 Å². The quantitative estimate of drug-likeness (QED) is 0.420. The van der Waals surface area contributed by atoms with E-state index < -0.39 is 25.7 Å². The molecule has 1 fully saturated rings. The Hall–Kier alpha value is -3.11. The molecule has 10 heteroatoms. The van der Waals surface area contributed by atoms with E-state index in [-0.39, 0.29) is 37.8 Å². The van der Waals surface area contributed by atoms with E-state index in [1.807, 2.05) is 0 Å². The SMILES string of the molecule is O=C(/C=C/c1ccccc1[N+](=O)[O-])N1CCN(S(=O)(=O)c2ccccc2F)CC1. The van der Waals surface area contributed by atoms with Crippen molar-refractivity contribution in [2.45, 2.75) is 4.90 Å². The largest absolute Gasteiger partial charge is 0.337 e. The number of carbonyl (C=O) groups is 1. The third kappa shape index (κ3) is 4.49. The van der Waals surface area contributed by atoms with E-state index in [1.54, 1.807) is 6.07 Å². The minimum Gasteiger partial charge on any atom is -0.337 e. The summed E-state index contributed by atoms with van der Waals surface area (Å²) in [4.78, 5) is 23.9. The predicted octanol–water partition coefficient (Wildman–Crippen LogP) is 2.28. The maximum Gasteiger partial charge on any atom is 0.276 e. The van der Waals surface area contributed by atoms with Crippen molar-refractivity contribution < 1.29 is 22.5 Å². The number of rotatable bonds is 5. The number of nitrogens with zero attached hydrogens (tertiary/aromatic N) is 3. The van der Waals surface area contributed by atoms with E-state index in [4.69, 9.17) is 0 Å². The van der Waals surface area contributed by atoms with E-state index in [1.165, 1.54) is 53.5 Å². The molecular weight excluding hydrogens is 401 g/mol. The van der Waals surface area contributed by atoms with Gasteiger partial charge < -0.3 is 4.90 Å². The molecule has 8 nitrogen and oxygen atoms in total. The lowest BCUT2D eigenvalue weighted by Crippen LogP contribution is -2.50. The van der Waals surface area contributed by atoms with Crippen molar-refractivity contribution in [3.8, 4) is 0 Å². The second-order valence-electron chi connectivity index (χ2n) is 6.31. The first-order chi connectivity index (χ1) is 13.8. The minimum absolute atomic E-state index is 0.0295. The Morgan fingerprint density at radius 2 is 1.66 bits per heavy atom. The number of nitro benzene ring substituents is 1. The first kappa shape index (κ1) is 20.6. The van der Waals surface area contributed by atoms with E-state index in [0.717, 1.165) is 10.4 Å². The molecule has 1 amide bonds. The number of hydrogen-bond donors (Lipinski definition) is 0. The van der Waals surface area contributed by atoms with Crippen LogP contribution >= 0.6 is 0 Å². The molecule has 0 radical (unpaired) electrons. The van der Waals surface area contributed by atoms with Gasteiger partial charge in [0.2, 0.25) is 15.9 Å². The zero-order valence-electron chi connectivity index (χ0n) is 15.3. The molecule has 29 heavy (non-hydrogen) atoms. The first-order valence-corrected chi connectivity index (χ1v) is 10.2. The van der Waals surface area contributed by atoms with Gasteiger partial charge in [0, 0.05) is 38.3 Å². The molecule has 0 N–H and O–H groups in total. The highest BCUT2D eigenvalue weighted by atomic mass is 32.2. The van der Waals surface area contributed by atoms with Gasteiger partial charge in [-0.05, 0) is 24.3 Å². The molecule has 3 rings (SSSR count). The summed E-state index contributed by atoms with van der Waals surface area (Å²) in [5.74, 6) is -1.20. The number of hydrogen-bond acceptors (Lipinski definition) is 5. The molecule has 2 aromatic carbocycles. The fourth-order valence-corrected chi connectivity index (χ4v) is 4.49. The van der Waals surface area contributed by atoms with Gasteiger partial charge in [-0.25, -0.2) is 12.8 Å². The minimum atomic E-state index is -3.98.